The molecule has 2 aromatic rings. The zero-order valence-electron chi connectivity index (χ0n) is 8.50. The number of benzene rings is 1. The topological polar surface area (TPSA) is 41.8 Å². The molecular weight excluding hydrogens is 208 g/mol. The molecule has 0 saturated carbocycles. The third-order valence-electron chi connectivity index (χ3n) is 2.18. The van der Waals surface area contributed by atoms with Crippen molar-refractivity contribution in [2.24, 2.45) is 5.73 Å². The minimum absolute atomic E-state index is 0.0694. The van der Waals surface area contributed by atoms with Gasteiger partial charge in [-0.1, -0.05) is 17.7 Å². The summed E-state index contributed by atoms with van der Waals surface area (Å²) in [5.74, 6) is 0. The molecule has 2 nitrogen and oxygen atoms in total. The Morgan fingerprint density at radius 3 is 2.93 bits per heavy atom. The molecule has 15 heavy (non-hydrogen) atoms. The van der Waals surface area contributed by atoms with E-state index in [1.165, 1.54) is 0 Å². The lowest BCUT2D eigenvalue weighted by Crippen LogP contribution is -2.09. The Bertz CT molecular complexity index is 497. The van der Waals surface area contributed by atoms with Crippen LogP contribution in [-0.4, -0.2) is 11.0 Å². The summed E-state index contributed by atoms with van der Waals surface area (Å²) >= 11 is 5.90. The van der Waals surface area contributed by atoms with E-state index in [-0.39, 0.29) is 6.04 Å². The Balaban J connectivity index is 2.39. The summed E-state index contributed by atoms with van der Waals surface area (Å²) in [4.78, 5) is 3.28. The Kier molecular flexibility index (Phi) is 2.80. The minimum atomic E-state index is 0.0694. The SMILES string of the molecule is CC(N)/C=C/c1cc2cc(Cl)ccc2[nH]1. The van der Waals surface area contributed by atoms with Gasteiger partial charge in [-0.25, -0.2) is 0 Å². The van der Waals surface area contributed by atoms with Crippen LogP contribution < -0.4 is 5.73 Å². The van der Waals surface area contributed by atoms with Crippen LogP contribution in [0.2, 0.25) is 5.02 Å². The molecule has 0 amide bonds. The number of halogens is 1. The van der Waals surface area contributed by atoms with Crippen LogP contribution >= 0.6 is 11.6 Å². The number of hydrogen-bond donors (Lipinski definition) is 2. The van der Waals surface area contributed by atoms with E-state index in [1.807, 2.05) is 37.3 Å². The van der Waals surface area contributed by atoms with Gasteiger partial charge in [0.15, 0.2) is 0 Å². The summed E-state index contributed by atoms with van der Waals surface area (Å²) in [6.45, 7) is 1.94. The van der Waals surface area contributed by atoms with Crippen molar-refractivity contribution in [2.45, 2.75) is 13.0 Å². The van der Waals surface area contributed by atoms with Gasteiger partial charge in [0, 0.05) is 27.7 Å². The summed E-state index contributed by atoms with van der Waals surface area (Å²) in [5, 5.41) is 1.87. The monoisotopic (exact) mass is 220 g/mol. The predicted octanol–water partition coefficient (Wildman–Crippen LogP) is 3.18. The zero-order chi connectivity index (χ0) is 10.8. The zero-order valence-corrected chi connectivity index (χ0v) is 9.25. The Morgan fingerprint density at radius 2 is 2.20 bits per heavy atom. The van der Waals surface area contributed by atoms with Crippen LogP contribution in [0.25, 0.3) is 17.0 Å². The van der Waals surface area contributed by atoms with E-state index in [0.29, 0.717) is 0 Å². The second-order valence-electron chi connectivity index (χ2n) is 3.67. The maximum absolute atomic E-state index is 5.90. The van der Waals surface area contributed by atoms with Crippen molar-refractivity contribution in [3.8, 4) is 0 Å². The predicted molar refractivity (Wildman–Crippen MR) is 66.0 cm³/mol. The van der Waals surface area contributed by atoms with E-state index >= 15 is 0 Å². The molecule has 3 N–H and O–H groups in total. The molecule has 0 radical (unpaired) electrons. The van der Waals surface area contributed by atoms with E-state index in [0.717, 1.165) is 21.6 Å². The van der Waals surface area contributed by atoms with Gasteiger partial charge in [-0.3, -0.25) is 0 Å². The molecular formula is C12H13ClN2. The quantitative estimate of drug-likeness (QED) is 0.802. The molecule has 1 heterocycles. The highest BCUT2D eigenvalue weighted by atomic mass is 35.5. The summed E-state index contributed by atoms with van der Waals surface area (Å²) in [6.07, 6.45) is 3.94. The molecule has 0 aliphatic carbocycles. The molecule has 1 unspecified atom stereocenters. The number of nitrogens with two attached hydrogens (primary N) is 1. The van der Waals surface area contributed by atoms with Crippen molar-refractivity contribution in [2.75, 3.05) is 0 Å². The van der Waals surface area contributed by atoms with Crippen LogP contribution in [0.15, 0.2) is 30.3 Å². The van der Waals surface area contributed by atoms with Gasteiger partial charge in [-0.2, -0.15) is 0 Å². The van der Waals surface area contributed by atoms with Crippen LogP contribution in [0.5, 0.6) is 0 Å². The van der Waals surface area contributed by atoms with Gasteiger partial charge in [0.25, 0.3) is 0 Å². The van der Waals surface area contributed by atoms with E-state index in [2.05, 4.69) is 11.1 Å². The lowest BCUT2D eigenvalue weighted by molar-refractivity contribution is 0.930. The first-order valence-corrected chi connectivity index (χ1v) is 5.25. The fourth-order valence-corrected chi connectivity index (χ4v) is 1.65. The Morgan fingerprint density at radius 1 is 1.40 bits per heavy atom. The fraction of sp³-hybridized carbons (Fsp3) is 0.167. The third-order valence-corrected chi connectivity index (χ3v) is 2.42. The first-order chi connectivity index (χ1) is 7.15. The number of aromatic nitrogens is 1. The number of hydrogen-bond acceptors (Lipinski definition) is 1. The summed E-state index contributed by atoms with van der Waals surface area (Å²) < 4.78 is 0. The molecule has 0 fully saturated rings. The van der Waals surface area contributed by atoms with Gasteiger partial charge < -0.3 is 10.7 Å². The van der Waals surface area contributed by atoms with E-state index < -0.39 is 0 Å². The van der Waals surface area contributed by atoms with E-state index in [4.69, 9.17) is 17.3 Å². The number of rotatable bonds is 2. The lowest BCUT2D eigenvalue weighted by atomic mass is 10.2. The van der Waals surface area contributed by atoms with Crippen molar-refractivity contribution < 1.29 is 0 Å². The molecule has 1 aromatic heterocycles. The van der Waals surface area contributed by atoms with Gasteiger partial charge in [0.05, 0.1) is 0 Å². The molecule has 1 aromatic carbocycles. The van der Waals surface area contributed by atoms with E-state index in [1.54, 1.807) is 0 Å². The highest BCUT2D eigenvalue weighted by Gasteiger charge is 1.98. The molecule has 0 aliphatic rings. The summed E-state index contributed by atoms with van der Waals surface area (Å²) in [5.41, 5.74) is 7.77. The maximum Gasteiger partial charge on any atom is 0.0459 e. The highest BCUT2D eigenvalue weighted by molar-refractivity contribution is 6.31. The molecule has 0 aliphatic heterocycles. The summed E-state index contributed by atoms with van der Waals surface area (Å²) in [6, 6.07) is 7.91. The molecule has 0 spiro atoms. The van der Waals surface area contributed by atoms with Crippen LogP contribution in [0.4, 0.5) is 0 Å². The van der Waals surface area contributed by atoms with E-state index in [9.17, 15) is 0 Å². The molecule has 3 heteroatoms. The normalized spacial score (nSPS) is 13.8. The Labute approximate surface area is 93.7 Å². The summed E-state index contributed by atoms with van der Waals surface area (Å²) in [7, 11) is 0. The van der Waals surface area contributed by atoms with Gasteiger partial charge in [-0.15, -0.1) is 0 Å². The van der Waals surface area contributed by atoms with Crippen molar-refractivity contribution >= 4 is 28.6 Å². The lowest BCUT2D eigenvalue weighted by Gasteiger charge is -1.92. The molecule has 2 rings (SSSR count). The maximum atomic E-state index is 5.90. The first-order valence-electron chi connectivity index (χ1n) is 4.87. The van der Waals surface area contributed by atoms with Crippen molar-refractivity contribution in [1.82, 2.24) is 4.98 Å². The van der Waals surface area contributed by atoms with Crippen molar-refractivity contribution in [1.29, 1.82) is 0 Å². The second kappa shape index (κ2) is 4.09. The number of nitrogens with one attached hydrogen (secondary N) is 1. The number of fused-ring (bicyclic) bond motifs is 1. The molecule has 78 valence electrons. The number of aromatic amines is 1. The molecule has 0 bridgehead atoms. The highest BCUT2D eigenvalue weighted by Crippen LogP contribution is 2.20. The minimum Gasteiger partial charge on any atom is -0.355 e. The average molecular weight is 221 g/mol. The van der Waals surface area contributed by atoms with Gasteiger partial charge in [0.2, 0.25) is 0 Å². The second-order valence-corrected chi connectivity index (χ2v) is 4.11. The fourth-order valence-electron chi connectivity index (χ4n) is 1.47. The van der Waals surface area contributed by atoms with Gasteiger partial charge >= 0.3 is 0 Å². The van der Waals surface area contributed by atoms with Gasteiger partial charge in [0.1, 0.15) is 0 Å². The van der Waals surface area contributed by atoms with Crippen molar-refractivity contribution in [3.63, 3.8) is 0 Å². The third kappa shape index (κ3) is 2.41. The number of H-pyrrole nitrogens is 1. The largest absolute Gasteiger partial charge is 0.355 e. The van der Waals surface area contributed by atoms with Crippen molar-refractivity contribution in [3.05, 3.63) is 41.1 Å². The molecule has 1 atom stereocenters. The van der Waals surface area contributed by atoms with Gasteiger partial charge in [-0.05, 0) is 37.3 Å². The first kappa shape index (κ1) is 10.3. The van der Waals surface area contributed by atoms with Crippen LogP contribution in [0.3, 0.4) is 0 Å². The smallest absolute Gasteiger partial charge is 0.0459 e. The van der Waals surface area contributed by atoms with Crippen LogP contribution in [-0.2, 0) is 0 Å². The van der Waals surface area contributed by atoms with Crippen LogP contribution in [0.1, 0.15) is 12.6 Å². The Hall–Kier alpha value is -1.25. The van der Waals surface area contributed by atoms with Crippen LogP contribution in [0, 0.1) is 0 Å². The average Bonchev–Trinajstić information content (AvgIpc) is 2.56. The molecule has 0 saturated heterocycles. The standard InChI is InChI=1S/C12H13ClN2/c1-8(14)2-4-11-7-9-6-10(13)3-5-12(9)15-11/h2-8,15H,14H2,1H3/b4-2+.